The lowest BCUT2D eigenvalue weighted by Gasteiger charge is -2.36. The van der Waals surface area contributed by atoms with Gasteiger partial charge >= 0.3 is 6.09 Å². The van der Waals surface area contributed by atoms with Gasteiger partial charge in [0.25, 0.3) is 0 Å². The Morgan fingerprint density at radius 1 is 1.09 bits per heavy atom. The second kappa shape index (κ2) is 8.18. The summed E-state index contributed by atoms with van der Waals surface area (Å²) in [5.74, 6) is 0. The number of carbonyl (C=O) groups excluding carboxylic acids is 1. The predicted molar refractivity (Wildman–Crippen MR) is 96.9 cm³/mol. The number of rotatable bonds is 5. The molecular formula is C18H35NO2Si. The molecule has 0 saturated carbocycles. The highest BCUT2D eigenvalue weighted by Gasteiger charge is 2.35. The van der Waals surface area contributed by atoms with Crippen molar-refractivity contribution in [1.29, 1.82) is 0 Å². The van der Waals surface area contributed by atoms with Gasteiger partial charge in [-0.2, -0.15) is 0 Å². The Labute approximate surface area is 138 Å². The van der Waals surface area contributed by atoms with Crippen LogP contribution in [0.1, 0.15) is 59.8 Å². The van der Waals surface area contributed by atoms with Crippen molar-refractivity contribution in [1.82, 2.24) is 4.90 Å². The largest absolute Gasteiger partial charge is 0.446 e. The first kappa shape index (κ1) is 19.3. The molecule has 0 aliphatic heterocycles. The van der Waals surface area contributed by atoms with E-state index < -0.39 is 8.07 Å². The van der Waals surface area contributed by atoms with Crippen molar-refractivity contribution >= 4 is 14.2 Å². The molecule has 1 aliphatic rings. The third-order valence-corrected chi connectivity index (χ3v) is 6.30. The molecule has 0 unspecified atom stereocenters. The van der Waals surface area contributed by atoms with Crippen LogP contribution >= 0.6 is 0 Å². The minimum atomic E-state index is -1.61. The molecule has 1 amide bonds. The Morgan fingerprint density at radius 2 is 1.68 bits per heavy atom. The third kappa shape index (κ3) is 5.45. The summed E-state index contributed by atoms with van der Waals surface area (Å²) in [5.41, 5.74) is 1.38. The summed E-state index contributed by atoms with van der Waals surface area (Å²) in [6.07, 6.45) is 8.19. The first-order chi connectivity index (χ1) is 10.1. The highest BCUT2D eigenvalue weighted by atomic mass is 28.3. The van der Waals surface area contributed by atoms with Crippen LogP contribution in [-0.2, 0) is 4.74 Å². The molecule has 1 aliphatic carbocycles. The van der Waals surface area contributed by atoms with Crippen LogP contribution in [0.2, 0.25) is 19.6 Å². The molecule has 1 rings (SSSR count). The molecule has 128 valence electrons. The number of nitrogens with zero attached hydrogens (tertiary/aromatic N) is 1. The van der Waals surface area contributed by atoms with Crippen LogP contribution < -0.4 is 0 Å². The van der Waals surface area contributed by atoms with Gasteiger partial charge in [-0.05, 0) is 59.0 Å². The maximum absolute atomic E-state index is 12.7. The van der Waals surface area contributed by atoms with Crippen LogP contribution in [0.25, 0.3) is 0 Å². The van der Waals surface area contributed by atoms with Crippen molar-refractivity contribution in [2.24, 2.45) is 0 Å². The Morgan fingerprint density at radius 3 is 2.18 bits per heavy atom. The van der Waals surface area contributed by atoms with Crippen molar-refractivity contribution in [3.63, 3.8) is 0 Å². The molecule has 4 heteroatoms. The van der Waals surface area contributed by atoms with E-state index in [1.165, 1.54) is 24.8 Å². The first-order valence-electron chi connectivity index (χ1n) is 8.82. The number of allylic oxidation sites excluding steroid dienone is 1. The minimum Gasteiger partial charge on any atom is -0.446 e. The van der Waals surface area contributed by atoms with Gasteiger partial charge in [-0.15, -0.1) is 0 Å². The second-order valence-corrected chi connectivity index (χ2v) is 13.4. The average molecular weight is 326 g/mol. The van der Waals surface area contributed by atoms with Crippen LogP contribution in [0.3, 0.4) is 0 Å². The molecule has 0 aromatic heterocycles. The number of hydrogen-bond donors (Lipinski definition) is 0. The molecule has 0 aromatic carbocycles. The van der Waals surface area contributed by atoms with Gasteiger partial charge in [0.1, 0.15) is 5.73 Å². The molecular weight excluding hydrogens is 290 g/mol. The summed E-state index contributed by atoms with van der Waals surface area (Å²) in [7, 11) is -1.61. The van der Waals surface area contributed by atoms with Gasteiger partial charge in [-0.3, -0.25) is 0 Å². The Balaban J connectivity index is 2.94. The van der Waals surface area contributed by atoms with Crippen LogP contribution in [-0.4, -0.2) is 36.9 Å². The standard InChI is InChI=1S/C18H35NO2Si/c1-14(2)19(15(3)4)18(20)21-17(22(5,6)7)16-12-10-8-9-11-13-16/h12,14-15,17H,8-11,13H2,1-7H3/t17-/m1/s1. The summed E-state index contributed by atoms with van der Waals surface area (Å²) in [6, 6.07) is 0.329. The van der Waals surface area contributed by atoms with Gasteiger partial charge in [-0.25, -0.2) is 4.79 Å². The highest BCUT2D eigenvalue weighted by molar-refractivity contribution is 6.78. The summed E-state index contributed by atoms with van der Waals surface area (Å²) in [6.45, 7) is 15.1. The van der Waals surface area contributed by atoms with Crippen molar-refractivity contribution in [3.8, 4) is 0 Å². The normalized spacial score (nSPS) is 18.0. The molecule has 0 fully saturated rings. The molecule has 1 atom stereocenters. The molecule has 3 nitrogen and oxygen atoms in total. The summed E-state index contributed by atoms with van der Waals surface area (Å²) in [4.78, 5) is 14.6. The number of amides is 1. The van der Waals surface area contributed by atoms with Gasteiger partial charge in [0.2, 0.25) is 0 Å². The molecule has 22 heavy (non-hydrogen) atoms. The maximum Gasteiger partial charge on any atom is 0.410 e. The predicted octanol–water partition coefficient (Wildman–Crippen LogP) is 5.38. The smallest absolute Gasteiger partial charge is 0.410 e. The van der Waals surface area contributed by atoms with Crippen molar-refractivity contribution in [2.75, 3.05) is 0 Å². The average Bonchev–Trinajstić information content (AvgIpc) is 2.62. The van der Waals surface area contributed by atoms with E-state index >= 15 is 0 Å². The SMILES string of the molecule is CC(C)N(C(=O)O[C@@H](C1=CCCCCC1)[Si](C)(C)C)C(C)C. The zero-order valence-corrected chi connectivity index (χ0v) is 16.6. The van der Waals surface area contributed by atoms with E-state index in [0.29, 0.717) is 0 Å². The number of carbonyl (C=O) groups is 1. The number of ether oxygens (including phenoxy) is 1. The molecule has 0 radical (unpaired) electrons. The van der Waals surface area contributed by atoms with E-state index in [4.69, 9.17) is 4.74 Å². The lowest BCUT2D eigenvalue weighted by atomic mass is 10.1. The molecule has 0 bridgehead atoms. The third-order valence-electron chi connectivity index (χ3n) is 4.24. The number of hydrogen-bond acceptors (Lipinski definition) is 2. The zero-order valence-electron chi connectivity index (χ0n) is 15.6. The summed E-state index contributed by atoms with van der Waals surface area (Å²) < 4.78 is 6.08. The molecule has 0 aromatic rings. The van der Waals surface area contributed by atoms with Crippen LogP contribution in [0.15, 0.2) is 11.6 Å². The van der Waals surface area contributed by atoms with Crippen molar-refractivity contribution < 1.29 is 9.53 Å². The van der Waals surface area contributed by atoms with Gasteiger partial charge in [-0.1, -0.05) is 32.1 Å². The Hall–Kier alpha value is -0.773. The van der Waals surface area contributed by atoms with Crippen LogP contribution in [0.4, 0.5) is 4.79 Å². The lowest BCUT2D eigenvalue weighted by Crippen LogP contribution is -2.49. The van der Waals surface area contributed by atoms with E-state index in [1.807, 2.05) is 4.90 Å². The monoisotopic (exact) mass is 325 g/mol. The first-order valence-corrected chi connectivity index (χ1v) is 12.4. The molecule has 0 heterocycles. The van der Waals surface area contributed by atoms with E-state index in [9.17, 15) is 4.79 Å². The topological polar surface area (TPSA) is 29.5 Å². The fourth-order valence-electron chi connectivity index (χ4n) is 3.27. The lowest BCUT2D eigenvalue weighted by molar-refractivity contribution is 0.0735. The minimum absolute atomic E-state index is 0.0121. The molecule has 0 N–H and O–H groups in total. The van der Waals surface area contributed by atoms with Gasteiger partial charge < -0.3 is 9.64 Å². The quantitative estimate of drug-likeness (QED) is 0.502. The molecule has 0 spiro atoms. The highest BCUT2D eigenvalue weighted by Crippen LogP contribution is 2.28. The van der Waals surface area contributed by atoms with Crippen molar-refractivity contribution in [3.05, 3.63) is 11.6 Å². The second-order valence-electron chi connectivity index (χ2n) is 8.10. The fraction of sp³-hybridized carbons (Fsp3) is 0.833. The van der Waals surface area contributed by atoms with Crippen molar-refractivity contribution in [2.45, 2.75) is 97.3 Å². The van der Waals surface area contributed by atoms with Gasteiger partial charge in [0.05, 0.1) is 8.07 Å². The zero-order chi connectivity index (χ0) is 16.9. The van der Waals surface area contributed by atoms with Crippen LogP contribution in [0, 0.1) is 0 Å². The van der Waals surface area contributed by atoms with E-state index in [-0.39, 0.29) is 23.9 Å². The maximum atomic E-state index is 12.7. The van der Waals surface area contributed by atoms with Gasteiger partial charge in [0.15, 0.2) is 0 Å². The molecule has 0 saturated heterocycles. The van der Waals surface area contributed by atoms with Gasteiger partial charge in [0, 0.05) is 12.1 Å². The Bertz CT molecular complexity index is 388. The summed E-state index contributed by atoms with van der Waals surface area (Å²) >= 11 is 0. The van der Waals surface area contributed by atoms with E-state index in [0.717, 1.165) is 12.8 Å². The summed E-state index contributed by atoms with van der Waals surface area (Å²) in [5, 5.41) is 0. The van der Waals surface area contributed by atoms with E-state index in [1.54, 1.807) is 0 Å². The fourth-order valence-corrected chi connectivity index (χ4v) is 5.10. The van der Waals surface area contributed by atoms with Crippen LogP contribution in [0.5, 0.6) is 0 Å². The van der Waals surface area contributed by atoms with E-state index in [2.05, 4.69) is 53.4 Å². The Kier molecular flexibility index (Phi) is 7.17.